The summed E-state index contributed by atoms with van der Waals surface area (Å²) in [5.74, 6) is -0.0631. The molecule has 7 heteroatoms. The molecule has 2 rings (SSSR count). The van der Waals surface area contributed by atoms with Gasteiger partial charge in [0.15, 0.2) is 0 Å². The molecular weight excluding hydrogens is 354 g/mol. The quantitative estimate of drug-likeness (QED) is 0.783. The summed E-state index contributed by atoms with van der Waals surface area (Å²) in [6, 6.07) is 9.13. The Morgan fingerprint density at radius 1 is 1.04 bits per heavy atom. The zero-order valence-corrected chi connectivity index (χ0v) is 16.3. The average molecular weight is 377 g/mol. The van der Waals surface area contributed by atoms with Crippen LogP contribution in [0.5, 0.6) is 5.75 Å². The lowest BCUT2D eigenvalue weighted by Crippen LogP contribution is -2.35. The Hall–Kier alpha value is -2.38. The third kappa shape index (κ3) is 3.89. The number of hydrogen-bond acceptors (Lipinski definition) is 5. The van der Waals surface area contributed by atoms with Crippen LogP contribution < -0.4 is 9.46 Å². The molecule has 6 nitrogen and oxygen atoms in total. The summed E-state index contributed by atoms with van der Waals surface area (Å²) in [7, 11) is -1.22. The van der Waals surface area contributed by atoms with E-state index in [1.807, 2.05) is 0 Å². The zero-order valence-electron chi connectivity index (χ0n) is 15.5. The molecule has 0 heterocycles. The molecule has 0 saturated heterocycles. The standard InChI is InChI=1S/C19H23NO5S/c1-12-11-16(24-4)13(2)14(3)18(12)26(22,23)20-17(19(21)25-5)15-9-7-6-8-10-15/h6-11,17,20H,1-5H3. The minimum Gasteiger partial charge on any atom is -0.496 e. The predicted octanol–water partition coefficient (Wildman–Crippen LogP) is 2.81. The normalized spacial score (nSPS) is 12.5. The van der Waals surface area contributed by atoms with E-state index < -0.39 is 22.0 Å². The summed E-state index contributed by atoms with van der Waals surface area (Å²) in [4.78, 5) is 12.3. The molecule has 0 fully saturated rings. The Morgan fingerprint density at radius 2 is 1.65 bits per heavy atom. The third-order valence-electron chi connectivity index (χ3n) is 4.31. The van der Waals surface area contributed by atoms with Crippen LogP contribution in [0.1, 0.15) is 28.3 Å². The second kappa shape index (κ2) is 7.88. The summed E-state index contributed by atoms with van der Waals surface area (Å²) in [6.45, 7) is 5.20. The number of rotatable bonds is 6. The maximum atomic E-state index is 13.1. The predicted molar refractivity (Wildman–Crippen MR) is 98.7 cm³/mol. The number of carbonyl (C=O) groups excluding carboxylic acids is 1. The Bertz CT molecular complexity index is 907. The van der Waals surface area contributed by atoms with Crippen LogP contribution in [-0.2, 0) is 19.6 Å². The van der Waals surface area contributed by atoms with Gasteiger partial charge in [-0.05, 0) is 49.1 Å². The van der Waals surface area contributed by atoms with Gasteiger partial charge in [-0.15, -0.1) is 0 Å². The number of methoxy groups -OCH3 is 2. The Balaban J connectivity index is 2.53. The van der Waals surface area contributed by atoms with Crippen molar-refractivity contribution in [1.29, 1.82) is 0 Å². The molecule has 0 spiro atoms. The van der Waals surface area contributed by atoms with E-state index >= 15 is 0 Å². The highest BCUT2D eigenvalue weighted by Crippen LogP contribution is 2.31. The number of hydrogen-bond donors (Lipinski definition) is 1. The molecule has 0 aliphatic carbocycles. The van der Waals surface area contributed by atoms with Crippen molar-refractivity contribution in [3.8, 4) is 5.75 Å². The van der Waals surface area contributed by atoms with E-state index in [2.05, 4.69) is 4.72 Å². The Kier molecular flexibility index (Phi) is 6.05. The lowest BCUT2D eigenvalue weighted by molar-refractivity contribution is -0.142. The van der Waals surface area contributed by atoms with Gasteiger partial charge < -0.3 is 9.47 Å². The first-order chi connectivity index (χ1) is 12.2. The van der Waals surface area contributed by atoms with Gasteiger partial charge in [-0.2, -0.15) is 4.72 Å². The monoisotopic (exact) mass is 377 g/mol. The molecule has 26 heavy (non-hydrogen) atoms. The topological polar surface area (TPSA) is 81.7 Å². The van der Waals surface area contributed by atoms with Crippen LogP contribution in [-0.4, -0.2) is 28.6 Å². The fourth-order valence-corrected chi connectivity index (χ4v) is 4.58. The largest absolute Gasteiger partial charge is 0.496 e. The van der Waals surface area contributed by atoms with E-state index in [0.29, 0.717) is 22.4 Å². The molecule has 1 N–H and O–H groups in total. The highest BCUT2D eigenvalue weighted by Gasteiger charge is 2.30. The zero-order chi connectivity index (χ0) is 19.5. The smallest absolute Gasteiger partial charge is 0.328 e. The van der Waals surface area contributed by atoms with E-state index in [4.69, 9.17) is 9.47 Å². The second-order valence-corrected chi connectivity index (χ2v) is 7.61. The molecule has 0 saturated carbocycles. The maximum Gasteiger partial charge on any atom is 0.328 e. The molecule has 0 aromatic heterocycles. The second-order valence-electron chi connectivity index (χ2n) is 5.96. The van der Waals surface area contributed by atoms with Gasteiger partial charge in [-0.1, -0.05) is 30.3 Å². The molecule has 140 valence electrons. The van der Waals surface area contributed by atoms with Gasteiger partial charge in [0, 0.05) is 0 Å². The van der Waals surface area contributed by atoms with Crippen LogP contribution in [0.3, 0.4) is 0 Å². The van der Waals surface area contributed by atoms with Crippen LogP contribution in [0.4, 0.5) is 0 Å². The fraction of sp³-hybridized carbons (Fsp3) is 0.316. The van der Waals surface area contributed by atoms with E-state index in [1.165, 1.54) is 14.2 Å². The van der Waals surface area contributed by atoms with Gasteiger partial charge in [0.1, 0.15) is 11.8 Å². The first kappa shape index (κ1) is 19.9. The summed E-state index contributed by atoms with van der Waals surface area (Å²) < 4.78 is 38.7. The molecule has 0 radical (unpaired) electrons. The number of carbonyl (C=O) groups is 1. The van der Waals surface area contributed by atoms with E-state index in [9.17, 15) is 13.2 Å². The number of sulfonamides is 1. The molecule has 0 amide bonds. The van der Waals surface area contributed by atoms with Gasteiger partial charge >= 0.3 is 5.97 Å². The summed E-state index contributed by atoms with van der Waals surface area (Å²) in [5.41, 5.74) is 2.34. The first-order valence-corrected chi connectivity index (χ1v) is 9.51. The minimum absolute atomic E-state index is 0.139. The minimum atomic E-state index is -3.98. The molecule has 2 aromatic carbocycles. The van der Waals surface area contributed by atoms with Gasteiger partial charge in [-0.3, -0.25) is 0 Å². The van der Waals surface area contributed by atoms with Gasteiger partial charge in [0.2, 0.25) is 10.0 Å². The molecule has 2 aromatic rings. The highest BCUT2D eigenvalue weighted by molar-refractivity contribution is 7.89. The van der Waals surface area contributed by atoms with Crippen molar-refractivity contribution in [2.24, 2.45) is 0 Å². The van der Waals surface area contributed by atoms with Crippen LogP contribution in [0.25, 0.3) is 0 Å². The fourth-order valence-electron chi connectivity index (χ4n) is 2.88. The number of nitrogens with one attached hydrogen (secondary N) is 1. The Morgan fingerprint density at radius 3 is 2.19 bits per heavy atom. The van der Waals surface area contributed by atoms with Crippen LogP contribution in [0.15, 0.2) is 41.3 Å². The molecule has 0 aliphatic rings. The van der Waals surface area contributed by atoms with E-state index in [-0.39, 0.29) is 4.90 Å². The van der Waals surface area contributed by atoms with Crippen LogP contribution in [0, 0.1) is 20.8 Å². The molecule has 1 atom stereocenters. The van der Waals surface area contributed by atoms with Crippen molar-refractivity contribution in [3.63, 3.8) is 0 Å². The van der Waals surface area contributed by atoms with Crippen LogP contribution >= 0.6 is 0 Å². The first-order valence-electron chi connectivity index (χ1n) is 8.02. The highest BCUT2D eigenvalue weighted by atomic mass is 32.2. The summed E-state index contributed by atoms with van der Waals surface area (Å²) >= 11 is 0. The van der Waals surface area contributed by atoms with Crippen LogP contribution in [0.2, 0.25) is 0 Å². The maximum absolute atomic E-state index is 13.1. The van der Waals surface area contributed by atoms with Crippen molar-refractivity contribution >= 4 is 16.0 Å². The van der Waals surface area contributed by atoms with E-state index in [1.54, 1.807) is 57.2 Å². The third-order valence-corrected chi connectivity index (χ3v) is 6.02. The van der Waals surface area contributed by atoms with E-state index in [0.717, 1.165) is 5.56 Å². The van der Waals surface area contributed by atoms with Crippen molar-refractivity contribution in [2.75, 3.05) is 14.2 Å². The lowest BCUT2D eigenvalue weighted by atomic mass is 10.1. The van der Waals surface area contributed by atoms with Gasteiger partial charge in [0.05, 0.1) is 19.1 Å². The molecule has 0 aliphatic heterocycles. The van der Waals surface area contributed by atoms with Crippen molar-refractivity contribution in [1.82, 2.24) is 4.72 Å². The summed E-state index contributed by atoms with van der Waals surface area (Å²) in [5, 5.41) is 0. The number of esters is 1. The van der Waals surface area contributed by atoms with Gasteiger partial charge in [-0.25, -0.2) is 13.2 Å². The Labute approximate surface area is 154 Å². The number of ether oxygens (including phenoxy) is 2. The molecule has 1 unspecified atom stereocenters. The lowest BCUT2D eigenvalue weighted by Gasteiger charge is -2.20. The van der Waals surface area contributed by atoms with Gasteiger partial charge in [0.25, 0.3) is 0 Å². The summed E-state index contributed by atoms with van der Waals surface area (Å²) in [6.07, 6.45) is 0. The molecule has 0 bridgehead atoms. The molecular formula is C19H23NO5S. The number of aryl methyl sites for hydroxylation is 1. The SMILES string of the molecule is COC(=O)C(NS(=O)(=O)c1c(C)cc(OC)c(C)c1C)c1ccccc1. The van der Waals surface area contributed by atoms with Crippen molar-refractivity contribution in [2.45, 2.75) is 31.7 Å². The number of benzene rings is 2. The average Bonchev–Trinajstić information content (AvgIpc) is 2.62. The van der Waals surface area contributed by atoms with Crippen molar-refractivity contribution < 1.29 is 22.7 Å². The van der Waals surface area contributed by atoms with Crippen molar-refractivity contribution in [3.05, 3.63) is 58.7 Å².